The van der Waals surface area contributed by atoms with Gasteiger partial charge in [-0.2, -0.15) is 0 Å². The molecule has 0 N–H and O–H groups in total. The van der Waals surface area contributed by atoms with E-state index in [0.29, 0.717) is 0 Å². The molecule has 0 saturated heterocycles. The maximum absolute atomic E-state index is 6.89. The highest BCUT2D eigenvalue weighted by molar-refractivity contribution is 6.28. The van der Waals surface area contributed by atoms with Crippen LogP contribution in [0.3, 0.4) is 0 Å². The molecule has 9 rings (SSSR count). The molecule has 0 saturated carbocycles. The highest BCUT2D eigenvalue weighted by Crippen LogP contribution is 2.55. The van der Waals surface area contributed by atoms with E-state index in [2.05, 4.69) is 147 Å². The topological polar surface area (TPSA) is 13.1 Å². The first-order chi connectivity index (χ1) is 20.6. The Morgan fingerprint density at radius 3 is 1.88 bits per heavy atom. The van der Waals surface area contributed by atoms with Crippen molar-refractivity contribution in [3.05, 3.63) is 145 Å². The van der Waals surface area contributed by atoms with Crippen molar-refractivity contribution in [1.29, 1.82) is 0 Å². The van der Waals surface area contributed by atoms with Crippen LogP contribution in [0.25, 0.3) is 76.9 Å². The van der Waals surface area contributed by atoms with Crippen LogP contribution in [0.2, 0.25) is 0 Å². The number of benzene rings is 7. The van der Waals surface area contributed by atoms with Crippen molar-refractivity contribution in [3.63, 3.8) is 0 Å². The first kappa shape index (κ1) is 23.6. The molecule has 0 bridgehead atoms. The predicted molar refractivity (Wildman–Crippen MR) is 177 cm³/mol. The molecule has 8 aromatic rings. The van der Waals surface area contributed by atoms with Crippen molar-refractivity contribution in [2.24, 2.45) is 0 Å². The molecule has 0 unspecified atom stereocenters. The number of para-hydroxylation sites is 1. The molecule has 1 heteroatoms. The van der Waals surface area contributed by atoms with Crippen LogP contribution < -0.4 is 0 Å². The first-order valence-electron chi connectivity index (χ1n) is 14.7. The van der Waals surface area contributed by atoms with Gasteiger partial charge in [0.25, 0.3) is 0 Å². The summed E-state index contributed by atoms with van der Waals surface area (Å²) in [6.07, 6.45) is 0. The average molecular weight is 537 g/mol. The van der Waals surface area contributed by atoms with Gasteiger partial charge in [-0.05, 0) is 61.0 Å². The van der Waals surface area contributed by atoms with E-state index < -0.39 is 0 Å². The van der Waals surface area contributed by atoms with Gasteiger partial charge >= 0.3 is 0 Å². The van der Waals surface area contributed by atoms with Gasteiger partial charge < -0.3 is 4.42 Å². The van der Waals surface area contributed by atoms with Crippen LogP contribution in [-0.4, -0.2) is 0 Å². The molecular formula is C41H28O. The Kier molecular flexibility index (Phi) is 4.73. The second-order valence-electron chi connectivity index (χ2n) is 12.0. The van der Waals surface area contributed by atoms with Gasteiger partial charge in [-0.3, -0.25) is 0 Å². The monoisotopic (exact) mass is 536 g/mol. The van der Waals surface area contributed by atoms with Crippen LogP contribution in [0.1, 0.15) is 25.0 Å². The van der Waals surface area contributed by atoms with E-state index in [4.69, 9.17) is 4.42 Å². The molecule has 0 radical (unpaired) electrons. The second-order valence-corrected chi connectivity index (χ2v) is 12.0. The van der Waals surface area contributed by atoms with Gasteiger partial charge in [0, 0.05) is 27.3 Å². The summed E-state index contributed by atoms with van der Waals surface area (Å²) >= 11 is 0. The zero-order chi connectivity index (χ0) is 28.0. The minimum absolute atomic E-state index is 0.135. The van der Waals surface area contributed by atoms with Gasteiger partial charge in [-0.15, -0.1) is 0 Å². The van der Waals surface area contributed by atoms with Gasteiger partial charge in [0.15, 0.2) is 0 Å². The number of fused-ring (bicyclic) bond motifs is 8. The Bertz CT molecular complexity index is 2380. The zero-order valence-electron chi connectivity index (χ0n) is 23.6. The molecule has 0 fully saturated rings. The minimum Gasteiger partial charge on any atom is -0.455 e. The third-order valence-electron chi connectivity index (χ3n) is 9.45. The fraction of sp³-hybridized carbons (Fsp3) is 0.0732. The lowest BCUT2D eigenvalue weighted by Crippen LogP contribution is -2.16. The Labute approximate surface area is 244 Å². The molecule has 7 aromatic carbocycles. The molecule has 0 amide bonds. The van der Waals surface area contributed by atoms with Crippen molar-refractivity contribution >= 4 is 43.5 Å². The summed E-state index contributed by atoms with van der Waals surface area (Å²) in [6, 6.07) is 48.4. The van der Waals surface area contributed by atoms with Gasteiger partial charge in [0.05, 0.1) is 0 Å². The molecule has 1 aromatic heterocycles. The number of hydrogen-bond acceptors (Lipinski definition) is 1. The van der Waals surface area contributed by atoms with Gasteiger partial charge in [-0.25, -0.2) is 0 Å². The summed E-state index contributed by atoms with van der Waals surface area (Å²) in [5.74, 6) is 0. The third-order valence-corrected chi connectivity index (χ3v) is 9.45. The number of furan rings is 1. The summed E-state index contributed by atoms with van der Waals surface area (Å²) in [5, 5.41) is 7.26. The van der Waals surface area contributed by atoms with Crippen molar-refractivity contribution in [2.45, 2.75) is 19.3 Å². The standard InChI is InChI=1S/C41H28O/c1-41(2)34-23-9-7-16-27(34)31-21-12-22-33(39(31)41)36-29-17-5-6-18-30(29)37(28-20-11-14-25-13-3-4-15-26(25)28)40-38(36)32-19-8-10-24-35(32)42-40/h3-24H,1-2H3. The molecule has 1 heterocycles. The van der Waals surface area contributed by atoms with Crippen LogP contribution in [-0.2, 0) is 5.41 Å². The zero-order valence-corrected chi connectivity index (χ0v) is 23.6. The van der Waals surface area contributed by atoms with Gasteiger partial charge in [0.2, 0.25) is 0 Å². The summed E-state index contributed by atoms with van der Waals surface area (Å²) in [4.78, 5) is 0. The molecule has 0 aliphatic heterocycles. The van der Waals surface area contributed by atoms with Gasteiger partial charge in [-0.1, -0.05) is 141 Å². The highest BCUT2D eigenvalue weighted by Gasteiger charge is 2.38. The Morgan fingerprint density at radius 1 is 0.452 bits per heavy atom. The summed E-state index contributed by atoms with van der Waals surface area (Å²) in [5.41, 5.74) is 12.1. The minimum atomic E-state index is -0.135. The van der Waals surface area contributed by atoms with Crippen molar-refractivity contribution in [1.82, 2.24) is 0 Å². The predicted octanol–water partition coefficient (Wildman–Crippen LogP) is 11.5. The van der Waals surface area contributed by atoms with E-state index in [1.165, 1.54) is 65.9 Å². The average Bonchev–Trinajstić information content (AvgIpc) is 3.52. The number of hydrogen-bond donors (Lipinski definition) is 0. The molecule has 0 atom stereocenters. The molecule has 1 nitrogen and oxygen atoms in total. The van der Waals surface area contributed by atoms with Crippen molar-refractivity contribution in [2.75, 3.05) is 0 Å². The van der Waals surface area contributed by atoms with E-state index >= 15 is 0 Å². The summed E-state index contributed by atoms with van der Waals surface area (Å²) < 4.78 is 6.89. The maximum atomic E-state index is 6.89. The normalized spacial score (nSPS) is 13.7. The highest BCUT2D eigenvalue weighted by atomic mass is 16.3. The van der Waals surface area contributed by atoms with E-state index in [1.807, 2.05) is 0 Å². The summed E-state index contributed by atoms with van der Waals surface area (Å²) in [7, 11) is 0. The molecule has 42 heavy (non-hydrogen) atoms. The Morgan fingerprint density at radius 2 is 1.02 bits per heavy atom. The summed E-state index contributed by atoms with van der Waals surface area (Å²) in [6.45, 7) is 4.75. The fourth-order valence-corrected chi connectivity index (χ4v) is 7.69. The molecule has 0 spiro atoms. The molecule has 198 valence electrons. The van der Waals surface area contributed by atoms with Crippen LogP contribution in [0.4, 0.5) is 0 Å². The van der Waals surface area contributed by atoms with Crippen LogP contribution >= 0.6 is 0 Å². The van der Waals surface area contributed by atoms with E-state index in [-0.39, 0.29) is 5.41 Å². The van der Waals surface area contributed by atoms with Crippen LogP contribution in [0, 0.1) is 0 Å². The quantitative estimate of drug-likeness (QED) is 0.214. The molecular weight excluding hydrogens is 508 g/mol. The van der Waals surface area contributed by atoms with E-state index in [1.54, 1.807) is 0 Å². The Hall–Kier alpha value is -5.14. The lowest BCUT2D eigenvalue weighted by molar-refractivity contribution is 0.662. The van der Waals surface area contributed by atoms with Crippen molar-refractivity contribution in [3.8, 4) is 33.4 Å². The number of rotatable bonds is 2. The SMILES string of the molecule is CC1(C)c2ccccc2-c2cccc(-c3c4ccccc4c(-c4cccc5ccccc45)c4oc5ccccc5c34)c21. The smallest absolute Gasteiger partial charge is 0.144 e. The largest absolute Gasteiger partial charge is 0.455 e. The first-order valence-corrected chi connectivity index (χ1v) is 14.7. The Balaban J connectivity index is 1.51. The van der Waals surface area contributed by atoms with Gasteiger partial charge in [0.1, 0.15) is 11.2 Å². The second kappa shape index (κ2) is 8.44. The molecule has 1 aliphatic rings. The van der Waals surface area contributed by atoms with E-state index in [9.17, 15) is 0 Å². The maximum Gasteiger partial charge on any atom is 0.144 e. The molecule has 1 aliphatic carbocycles. The third kappa shape index (κ3) is 3.03. The van der Waals surface area contributed by atoms with Crippen LogP contribution in [0.5, 0.6) is 0 Å². The lowest BCUT2D eigenvalue weighted by Gasteiger charge is -2.26. The van der Waals surface area contributed by atoms with Crippen LogP contribution in [0.15, 0.2) is 138 Å². The van der Waals surface area contributed by atoms with Crippen molar-refractivity contribution < 1.29 is 4.42 Å². The van der Waals surface area contributed by atoms with E-state index in [0.717, 1.165) is 22.1 Å². The lowest BCUT2D eigenvalue weighted by atomic mass is 9.77. The fourth-order valence-electron chi connectivity index (χ4n) is 7.69.